The molecular formula is C23H19ClN2O2. The van der Waals surface area contributed by atoms with Gasteiger partial charge in [0.15, 0.2) is 11.5 Å². The van der Waals surface area contributed by atoms with Gasteiger partial charge in [-0.25, -0.2) is 4.98 Å². The van der Waals surface area contributed by atoms with E-state index in [1.54, 1.807) is 18.2 Å². The van der Waals surface area contributed by atoms with Gasteiger partial charge in [0, 0.05) is 22.7 Å². The van der Waals surface area contributed by atoms with Crippen molar-refractivity contribution in [1.82, 2.24) is 4.98 Å². The molecule has 0 unspecified atom stereocenters. The molecule has 0 aliphatic carbocycles. The standard InChI is InChI=1S/C23H19ClN2O2/c1-15-7-10-18(14-19(15)24)25-23(27)17-9-11-20-21(13-17)28-22(26-20)12-8-16-5-3-2-4-6-16/h2-7,9-11,13-14H,8,12H2,1H3,(H,25,27). The second kappa shape index (κ2) is 7.87. The molecule has 0 radical (unpaired) electrons. The third-order valence-corrected chi connectivity index (χ3v) is 5.00. The average molecular weight is 391 g/mol. The van der Waals surface area contributed by atoms with Crippen LogP contribution in [0.5, 0.6) is 0 Å². The van der Waals surface area contributed by atoms with E-state index in [0.717, 1.165) is 17.5 Å². The first kappa shape index (κ1) is 18.3. The van der Waals surface area contributed by atoms with Gasteiger partial charge in [-0.15, -0.1) is 0 Å². The van der Waals surface area contributed by atoms with Crippen LogP contribution >= 0.6 is 11.6 Å². The largest absolute Gasteiger partial charge is 0.441 e. The number of hydrogen-bond donors (Lipinski definition) is 1. The molecule has 0 saturated carbocycles. The summed E-state index contributed by atoms with van der Waals surface area (Å²) in [5.41, 5.74) is 4.72. The zero-order valence-corrected chi connectivity index (χ0v) is 16.2. The molecule has 0 saturated heterocycles. The van der Waals surface area contributed by atoms with Crippen molar-refractivity contribution in [3.8, 4) is 0 Å². The number of aromatic nitrogens is 1. The average Bonchev–Trinajstić information content (AvgIpc) is 3.12. The fourth-order valence-corrected chi connectivity index (χ4v) is 3.17. The molecule has 4 nitrogen and oxygen atoms in total. The Morgan fingerprint density at radius 1 is 1.04 bits per heavy atom. The number of nitrogens with one attached hydrogen (secondary N) is 1. The number of anilines is 1. The van der Waals surface area contributed by atoms with Crippen molar-refractivity contribution < 1.29 is 9.21 Å². The van der Waals surface area contributed by atoms with Gasteiger partial charge in [0.05, 0.1) is 0 Å². The van der Waals surface area contributed by atoms with Gasteiger partial charge in [-0.3, -0.25) is 4.79 Å². The Labute approximate surface area is 168 Å². The van der Waals surface area contributed by atoms with Crippen LogP contribution in [0.25, 0.3) is 11.1 Å². The Bertz CT molecular complexity index is 1140. The van der Waals surface area contributed by atoms with Gasteiger partial charge in [0.1, 0.15) is 5.52 Å². The van der Waals surface area contributed by atoms with Crippen molar-refractivity contribution in [2.45, 2.75) is 19.8 Å². The van der Waals surface area contributed by atoms with Gasteiger partial charge < -0.3 is 9.73 Å². The Morgan fingerprint density at radius 2 is 1.86 bits per heavy atom. The number of hydrogen-bond acceptors (Lipinski definition) is 3. The summed E-state index contributed by atoms with van der Waals surface area (Å²) in [4.78, 5) is 17.1. The molecule has 1 N–H and O–H groups in total. The monoisotopic (exact) mass is 390 g/mol. The van der Waals surface area contributed by atoms with E-state index in [1.165, 1.54) is 5.56 Å². The van der Waals surface area contributed by atoms with Gasteiger partial charge in [-0.1, -0.05) is 48.0 Å². The van der Waals surface area contributed by atoms with Crippen molar-refractivity contribution in [1.29, 1.82) is 0 Å². The number of carbonyl (C=O) groups excluding carboxylic acids is 1. The topological polar surface area (TPSA) is 55.1 Å². The van der Waals surface area contributed by atoms with E-state index in [4.69, 9.17) is 16.0 Å². The first-order valence-electron chi connectivity index (χ1n) is 9.09. The van der Waals surface area contributed by atoms with Crippen molar-refractivity contribution in [2.24, 2.45) is 0 Å². The number of halogens is 1. The van der Waals surface area contributed by atoms with Crippen LogP contribution in [0.15, 0.2) is 71.1 Å². The van der Waals surface area contributed by atoms with Crippen LogP contribution in [-0.4, -0.2) is 10.9 Å². The summed E-state index contributed by atoms with van der Waals surface area (Å²) in [6.45, 7) is 1.92. The molecule has 3 aromatic carbocycles. The molecule has 1 aromatic heterocycles. The lowest BCUT2D eigenvalue weighted by Gasteiger charge is -2.06. The highest BCUT2D eigenvalue weighted by Crippen LogP contribution is 2.22. The van der Waals surface area contributed by atoms with Crippen molar-refractivity contribution in [2.75, 3.05) is 5.32 Å². The predicted molar refractivity (Wildman–Crippen MR) is 112 cm³/mol. The zero-order valence-electron chi connectivity index (χ0n) is 15.4. The van der Waals surface area contributed by atoms with Crippen molar-refractivity contribution in [3.05, 3.63) is 94.3 Å². The SMILES string of the molecule is Cc1ccc(NC(=O)c2ccc3nc(CCc4ccccc4)oc3c2)cc1Cl. The number of amides is 1. The molecule has 4 aromatic rings. The molecule has 4 rings (SSSR count). The van der Waals surface area contributed by atoms with E-state index in [-0.39, 0.29) is 5.91 Å². The first-order valence-corrected chi connectivity index (χ1v) is 9.47. The molecule has 140 valence electrons. The molecule has 0 bridgehead atoms. The van der Waals surface area contributed by atoms with Crippen LogP contribution < -0.4 is 5.32 Å². The van der Waals surface area contributed by atoms with Gasteiger partial charge in [-0.2, -0.15) is 0 Å². The van der Waals surface area contributed by atoms with E-state index in [9.17, 15) is 4.79 Å². The van der Waals surface area contributed by atoms with Crippen LogP contribution in [0, 0.1) is 6.92 Å². The molecular weight excluding hydrogens is 372 g/mol. The lowest BCUT2D eigenvalue weighted by Crippen LogP contribution is -2.11. The van der Waals surface area contributed by atoms with Crippen molar-refractivity contribution in [3.63, 3.8) is 0 Å². The molecule has 28 heavy (non-hydrogen) atoms. The van der Waals surface area contributed by atoms with Crippen molar-refractivity contribution >= 4 is 34.3 Å². The molecule has 0 fully saturated rings. The highest BCUT2D eigenvalue weighted by Gasteiger charge is 2.12. The predicted octanol–water partition coefficient (Wildman–Crippen LogP) is 5.83. The molecule has 5 heteroatoms. The summed E-state index contributed by atoms with van der Waals surface area (Å²) >= 11 is 6.12. The Balaban J connectivity index is 1.49. The van der Waals surface area contributed by atoms with Crippen LogP contribution in [0.3, 0.4) is 0 Å². The number of oxazole rings is 1. The van der Waals surface area contributed by atoms with Gasteiger partial charge in [-0.05, 0) is 54.8 Å². The minimum absolute atomic E-state index is 0.218. The zero-order chi connectivity index (χ0) is 19.5. The smallest absolute Gasteiger partial charge is 0.255 e. The maximum atomic E-state index is 12.6. The van der Waals surface area contributed by atoms with Crippen LogP contribution in [0.1, 0.15) is 27.4 Å². The normalized spacial score (nSPS) is 10.9. The Kier molecular flexibility index (Phi) is 5.13. The molecule has 1 heterocycles. The molecule has 0 spiro atoms. The number of benzene rings is 3. The number of carbonyl (C=O) groups is 1. The van der Waals surface area contributed by atoms with Crippen LogP contribution in [-0.2, 0) is 12.8 Å². The summed E-state index contributed by atoms with van der Waals surface area (Å²) in [7, 11) is 0. The second-order valence-corrected chi connectivity index (χ2v) is 7.10. The fraction of sp³-hybridized carbons (Fsp3) is 0.130. The summed E-state index contributed by atoms with van der Waals surface area (Å²) in [5, 5.41) is 3.48. The Morgan fingerprint density at radius 3 is 2.64 bits per heavy atom. The number of aryl methyl sites for hydroxylation is 3. The van der Waals surface area contributed by atoms with E-state index in [1.807, 2.05) is 43.3 Å². The lowest BCUT2D eigenvalue weighted by molar-refractivity contribution is 0.102. The summed E-state index contributed by atoms with van der Waals surface area (Å²) < 4.78 is 5.85. The highest BCUT2D eigenvalue weighted by molar-refractivity contribution is 6.31. The summed E-state index contributed by atoms with van der Waals surface area (Å²) in [6, 6.07) is 20.9. The van der Waals surface area contributed by atoms with Gasteiger partial charge in [0.2, 0.25) is 0 Å². The molecule has 0 aliphatic rings. The maximum Gasteiger partial charge on any atom is 0.255 e. The van der Waals surface area contributed by atoms with E-state index >= 15 is 0 Å². The van der Waals surface area contributed by atoms with E-state index in [2.05, 4.69) is 22.4 Å². The number of fused-ring (bicyclic) bond motifs is 1. The molecule has 1 amide bonds. The quantitative estimate of drug-likeness (QED) is 0.466. The second-order valence-electron chi connectivity index (χ2n) is 6.69. The first-order chi connectivity index (χ1) is 13.6. The summed E-state index contributed by atoms with van der Waals surface area (Å²) in [5.74, 6) is 0.450. The maximum absolute atomic E-state index is 12.6. The summed E-state index contributed by atoms with van der Waals surface area (Å²) in [6.07, 6.45) is 1.57. The van der Waals surface area contributed by atoms with Crippen LogP contribution in [0.2, 0.25) is 5.02 Å². The van der Waals surface area contributed by atoms with Gasteiger partial charge in [0.25, 0.3) is 5.91 Å². The fourth-order valence-electron chi connectivity index (χ4n) is 2.99. The molecule has 0 aliphatic heterocycles. The minimum Gasteiger partial charge on any atom is -0.441 e. The van der Waals surface area contributed by atoms with E-state index < -0.39 is 0 Å². The third kappa shape index (κ3) is 4.07. The Hall–Kier alpha value is -3.11. The third-order valence-electron chi connectivity index (χ3n) is 4.59. The number of nitrogens with zero attached hydrogens (tertiary/aromatic N) is 1. The molecule has 0 atom stereocenters. The number of rotatable bonds is 5. The minimum atomic E-state index is -0.218. The lowest BCUT2D eigenvalue weighted by atomic mass is 10.1. The highest BCUT2D eigenvalue weighted by atomic mass is 35.5. The van der Waals surface area contributed by atoms with Gasteiger partial charge >= 0.3 is 0 Å². The van der Waals surface area contributed by atoms with E-state index in [0.29, 0.717) is 34.2 Å². The van der Waals surface area contributed by atoms with Crippen LogP contribution in [0.4, 0.5) is 5.69 Å².